The molecule has 29 heavy (non-hydrogen) atoms. The Kier molecular flexibility index (Phi) is 6.94. The van der Waals surface area contributed by atoms with Crippen LogP contribution in [-0.4, -0.2) is 56.9 Å². The summed E-state index contributed by atoms with van der Waals surface area (Å²) in [6.45, 7) is 3.61. The first-order valence-electron chi connectivity index (χ1n) is 9.91. The van der Waals surface area contributed by atoms with E-state index in [0.717, 1.165) is 43.6 Å². The van der Waals surface area contributed by atoms with Crippen LogP contribution < -0.4 is 11.1 Å². The number of allylic oxidation sites excluding steroid dienone is 1. The van der Waals surface area contributed by atoms with Crippen LogP contribution >= 0.6 is 0 Å². The number of carbonyl (C=O) groups excluding carboxylic acids is 1. The van der Waals surface area contributed by atoms with Crippen LogP contribution in [0, 0.1) is 0 Å². The molecule has 9 heteroatoms. The van der Waals surface area contributed by atoms with Gasteiger partial charge in [0, 0.05) is 56.9 Å². The van der Waals surface area contributed by atoms with Crippen LogP contribution in [0.15, 0.2) is 41.5 Å². The zero-order valence-corrected chi connectivity index (χ0v) is 17.0. The van der Waals surface area contributed by atoms with E-state index in [9.17, 15) is 4.79 Å². The highest BCUT2D eigenvalue weighted by atomic mass is 16.2. The molecule has 0 atom stereocenters. The Hall–Kier alpha value is -3.23. The van der Waals surface area contributed by atoms with Gasteiger partial charge in [-0.05, 0) is 25.3 Å². The fourth-order valence-corrected chi connectivity index (χ4v) is 3.39. The van der Waals surface area contributed by atoms with Gasteiger partial charge in [0.2, 0.25) is 11.9 Å². The van der Waals surface area contributed by atoms with Gasteiger partial charge in [-0.15, -0.1) is 0 Å². The number of nitrogens with one attached hydrogen (secondary N) is 1. The first-order valence-corrected chi connectivity index (χ1v) is 9.91. The molecule has 0 aromatic carbocycles. The highest BCUT2D eigenvalue weighted by Gasteiger charge is 2.24. The normalized spacial score (nSPS) is 15.8. The molecule has 1 saturated heterocycles. The summed E-state index contributed by atoms with van der Waals surface area (Å²) in [6, 6.07) is 2.14. The maximum absolute atomic E-state index is 12.1. The number of likely N-dealkylation sites (tertiary alicyclic amines) is 1. The molecule has 0 radical (unpaired) electrons. The molecule has 9 nitrogen and oxygen atoms in total. The van der Waals surface area contributed by atoms with Crippen molar-refractivity contribution >= 4 is 18.1 Å². The van der Waals surface area contributed by atoms with E-state index in [-0.39, 0.29) is 5.91 Å². The smallest absolute Gasteiger partial charge is 0.227 e. The number of rotatable bonds is 7. The summed E-state index contributed by atoms with van der Waals surface area (Å²) in [4.78, 5) is 26.7. The highest BCUT2D eigenvalue weighted by Crippen LogP contribution is 2.25. The van der Waals surface area contributed by atoms with E-state index in [1.807, 2.05) is 35.0 Å². The second-order valence-corrected chi connectivity index (χ2v) is 6.97. The molecule has 1 fully saturated rings. The number of nitrogens with zero attached hydrogens (tertiary/aromatic N) is 6. The van der Waals surface area contributed by atoms with Gasteiger partial charge in [0.25, 0.3) is 0 Å². The fourth-order valence-electron chi connectivity index (χ4n) is 3.39. The van der Waals surface area contributed by atoms with Crippen LogP contribution in [0.5, 0.6) is 0 Å². The number of hydrogen-bond acceptors (Lipinski definition) is 7. The van der Waals surface area contributed by atoms with E-state index in [4.69, 9.17) is 5.73 Å². The Morgan fingerprint density at radius 1 is 1.41 bits per heavy atom. The van der Waals surface area contributed by atoms with Crippen molar-refractivity contribution in [3.8, 4) is 11.3 Å². The largest absolute Gasteiger partial charge is 0.403 e. The summed E-state index contributed by atoms with van der Waals surface area (Å²) in [5.74, 6) is 0.696. The minimum Gasteiger partial charge on any atom is -0.403 e. The molecule has 0 bridgehead atoms. The molecule has 3 heterocycles. The number of piperidine rings is 1. The van der Waals surface area contributed by atoms with Gasteiger partial charge in [0.05, 0.1) is 23.6 Å². The number of aliphatic imine (C=N–C) groups is 1. The first-order chi connectivity index (χ1) is 14.1. The average molecular weight is 396 g/mol. The summed E-state index contributed by atoms with van der Waals surface area (Å²) >= 11 is 0. The molecule has 2 aromatic heterocycles. The Balaban J connectivity index is 1.66. The van der Waals surface area contributed by atoms with Crippen LogP contribution in [0.3, 0.4) is 0 Å². The molecule has 0 unspecified atom stereocenters. The van der Waals surface area contributed by atoms with Crippen molar-refractivity contribution < 1.29 is 4.79 Å². The molecule has 3 rings (SSSR count). The van der Waals surface area contributed by atoms with E-state index < -0.39 is 0 Å². The lowest BCUT2D eigenvalue weighted by Gasteiger charge is -2.32. The second-order valence-electron chi connectivity index (χ2n) is 6.97. The SMILES string of the molecule is CCCC(=O)N1CCC(n2cc(-c3ccnc(NC(C=NC)=CN)n3)cn2)CC1. The number of amides is 1. The maximum atomic E-state index is 12.1. The predicted octanol–water partition coefficient (Wildman–Crippen LogP) is 2.22. The van der Waals surface area contributed by atoms with Crippen molar-refractivity contribution in [2.24, 2.45) is 10.7 Å². The molecule has 1 aliphatic heterocycles. The summed E-state index contributed by atoms with van der Waals surface area (Å²) in [5, 5.41) is 7.57. The summed E-state index contributed by atoms with van der Waals surface area (Å²) < 4.78 is 1.99. The lowest BCUT2D eigenvalue weighted by atomic mass is 10.0. The van der Waals surface area contributed by atoms with Crippen LogP contribution in [0.4, 0.5) is 5.95 Å². The van der Waals surface area contributed by atoms with E-state index in [2.05, 4.69) is 25.4 Å². The van der Waals surface area contributed by atoms with Crippen LogP contribution in [0.1, 0.15) is 38.6 Å². The predicted molar refractivity (Wildman–Crippen MR) is 113 cm³/mol. The quantitative estimate of drug-likeness (QED) is 0.694. The Morgan fingerprint density at radius 3 is 2.90 bits per heavy atom. The Bertz CT molecular complexity index is 880. The molecule has 1 amide bonds. The van der Waals surface area contributed by atoms with Crippen LogP contribution in [-0.2, 0) is 4.79 Å². The Labute approximate surface area is 170 Å². The van der Waals surface area contributed by atoms with Gasteiger partial charge in [0.1, 0.15) is 0 Å². The third-order valence-corrected chi connectivity index (χ3v) is 4.91. The standard InChI is InChI=1S/C20H28N8O/c1-3-4-19(29)27-9-6-17(7-10-27)28-14-15(12-24-28)18-5-8-23-20(26-18)25-16(11-21)13-22-2/h5,8,11-14,17H,3-4,6-7,9-10,21H2,1-2H3,(H,23,25,26). The summed E-state index contributed by atoms with van der Waals surface area (Å²) in [5.41, 5.74) is 7.88. The van der Waals surface area contributed by atoms with E-state index in [1.54, 1.807) is 19.5 Å². The van der Waals surface area contributed by atoms with Crippen molar-refractivity contribution in [1.29, 1.82) is 0 Å². The van der Waals surface area contributed by atoms with Gasteiger partial charge >= 0.3 is 0 Å². The van der Waals surface area contributed by atoms with Gasteiger partial charge in [-0.3, -0.25) is 14.5 Å². The fraction of sp³-hybridized carbons (Fsp3) is 0.450. The number of anilines is 1. The van der Waals surface area contributed by atoms with Gasteiger partial charge in [-0.25, -0.2) is 9.97 Å². The van der Waals surface area contributed by atoms with E-state index in [0.29, 0.717) is 24.1 Å². The molecule has 154 valence electrons. The lowest BCUT2D eigenvalue weighted by molar-refractivity contribution is -0.132. The second kappa shape index (κ2) is 9.81. The third-order valence-electron chi connectivity index (χ3n) is 4.91. The number of hydrogen-bond donors (Lipinski definition) is 2. The van der Waals surface area contributed by atoms with Crippen LogP contribution in [0.25, 0.3) is 11.3 Å². The van der Waals surface area contributed by atoms with Gasteiger partial charge in [-0.1, -0.05) is 6.92 Å². The minimum atomic E-state index is 0.257. The minimum absolute atomic E-state index is 0.257. The van der Waals surface area contributed by atoms with Crippen LogP contribution in [0.2, 0.25) is 0 Å². The molecule has 0 saturated carbocycles. The summed E-state index contributed by atoms with van der Waals surface area (Å²) in [6.07, 6.45) is 11.9. The van der Waals surface area contributed by atoms with Crippen molar-refractivity contribution in [1.82, 2.24) is 24.6 Å². The van der Waals surface area contributed by atoms with Gasteiger partial charge in [0.15, 0.2) is 0 Å². The van der Waals surface area contributed by atoms with Crippen molar-refractivity contribution in [2.75, 3.05) is 25.5 Å². The molecule has 1 aliphatic rings. The van der Waals surface area contributed by atoms with E-state index >= 15 is 0 Å². The maximum Gasteiger partial charge on any atom is 0.227 e. The molecular formula is C20H28N8O. The molecular weight excluding hydrogens is 368 g/mol. The third kappa shape index (κ3) is 5.18. The van der Waals surface area contributed by atoms with Crippen molar-refractivity contribution in [2.45, 2.75) is 38.6 Å². The molecule has 0 spiro atoms. The molecule has 3 N–H and O–H groups in total. The van der Waals surface area contributed by atoms with Crippen molar-refractivity contribution in [3.63, 3.8) is 0 Å². The zero-order chi connectivity index (χ0) is 20.6. The molecule has 2 aromatic rings. The zero-order valence-electron chi connectivity index (χ0n) is 17.0. The topological polar surface area (TPSA) is 114 Å². The summed E-state index contributed by atoms with van der Waals surface area (Å²) in [7, 11) is 1.67. The highest BCUT2D eigenvalue weighted by molar-refractivity contribution is 5.82. The number of nitrogens with two attached hydrogens (primary N) is 1. The van der Waals surface area contributed by atoms with E-state index in [1.165, 1.54) is 6.20 Å². The lowest BCUT2D eigenvalue weighted by Crippen LogP contribution is -2.39. The Morgan fingerprint density at radius 2 is 2.21 bits per heavy atom. The van der Waals surface area contributed by atoms with Gasteiger partial charge in [-0.2, -0.15) is 5.10 Å². The van der Waals surface area contributed by atoms with Crippen molar-refractivity contribution in [3.05, 3.63) is 36.6 Å². The van der Waals surface area contributed by atoms with Gasteiger partial charge < -0.3 is 16.0 Å². The molecule has 0 aliphatic carbocycles. The number of carbonyl (C=O) groups is 1. The first kappa shape index (κ1) is 20.5. The average Bonchev–Trinajstić information content (AvgIpc) is 3.24. The number of aromatic nitrogens is 4. The monoisotopic (exact) mass is 396 g/mol.